The van der Waals surface area contributed by atoms with Crippen LogP contribution in [0, 0.1) is 6.92 Å². The van der Waals surface area contributed by atoms with Gasteiger partial charge >= 0.3 is 0 Å². The van der Waals surface area contributed by atoms with Gasteiger partial charge in [-0.1, -0.05) is 55.8 Å². The van der Waals surface area contributed by atoms with E-state index < -0.39 is 0 Å². The van der Waals surface area contributed by atoms with E-state index in [9.17, 15) is 0 Å². The molecule has 0 atom stereocenters. The van der Waals surface area contributed by atoms with Crippen LogP contribution in [0.4, 0.5) is 11.4 Å². The van der Waals surface area contributed by atoms with Crippen molar-refractivity contribution in [3.8, 4) is 0 Å². The van der Waals surface area contributed by atoms with Crippen molar-refractivity contribution in [2.24, 2.45) is 0 Å². The van der Waals surface area contributed by atoms with E-state index in [1.54, 1.807) is 0 Å². The van der Waals surface area contributed by atoms with E-state index >= 15 is 0 Å². The summed E-state index contributed by atoms with van der Waals surface area (Å²) in [6.45, 7) is 9.59. The molecule has 1 fully saturated rings. The van der Waals surface area contributed by atoms with Gasteiger partial charge in [-0.2, -0.15) is 0 Å². The lowest BCUT2D eigenvalue weighted by atomic mass is 10.0. The number of para-hydroxylation sites is 2. The molecule has 3 rings (SSSR count). The highest BCUT2D eigenvalue weighted by atomic mass is 15.2. The van der Waals surface area contributed by atoms with E-state index in [-0.39, 0.29) is 0 Å². The Morgan fingerprint density at radius 3 is 2.38 bits per heavy atom. The minimum absolute atomic E-state index is 0.619. The average Bonchev–Trinajstić information content (AvgIpc) is 2.69. The molecule has 1 heterocycles. The Bertz CT molecular complexity index is 660. The molecule has 26 heavy (non-hydrogen) atoms. The zero-order valence-electron chi connectivity index (χ0n) is 17.1. The summed E-state index contributed by atoms with van der Waals surface area (Å²) in [6.07, 6.45) is 2.45. The second-order valence-corrected chi connectivity index (χ2v) is 6.87. The Hall–Kier alpha value is -2.00. The number of likely N-dealkylation sites (tertiary alicyclic amines) is 1. The Balaban J connectivity index is 0.00000117. The summed E-state index contributed by atoms with van der Waals surface area (Å²) in [7, 11) is 4.23. The maximum Gasteiger partial charge on any atom is 0.0601 e. The number of piperidine rings is 1. The van der Waals surface area contributed by atoms with Gasteiger partial charge < -0.3 is 10.2 Å². The third-order valence-corrected chi connectivity index (χ3v) is 5.15. The van der Waals surface area contributed by atoms with E-state index in [4.69, 9.17) is 0 Å². The number of nitrogens with one attached hydrogen (secondary N) is 1. The smallest absolute Gasteiger partial charge is 0.0601 e. The first-order valence-corrected chi connectivity index (χ1v) is 9.95. The van der Waals surface area contributed by atoms with E-state index in [1.807, 2.05) is 20.9 Å². The van der Waals surface area contributed by atoms with Gasteiger partial charge in [0, 0.05) is 39.8 Å². The van der Waals surface area contributed by atoms with Gasteiger partial charge in [0.1, 0.15) is 0 Å². The predicted octanol–water partition coefficient (Wildman–Crippen LogP) is 5.16. The molecule has 0 unspecified atom stereocenters. The van der Waals surface area contributed by atoms with Crippen LogP contribution in [0.2, 0.25) is 0 Å². The van der Waals surface area contributed by atoms with E-state index in [0.717, 1.165) is 6.54 Å². The first-order valence-electron chi connectivity index (χ1n) is 9.95. The maximum atomic E-state index is 3.31. The van der Waals surface area contributed by atoms with Crippen molar-refractivity contribution in [3.05, 3.63) is 59.7 Å². The van der Waals surface area contributed by atoms with Crippen molar-refractivity contribution in [2.45, 2.75) is 46.2 Å². The molecule has 1 saturated heterocycles. The van der Waals surface area contributed by atoms with Crippen molar-refractivity contribution in [1.82, 2.24) is 4.90 Å². The topological polar surface area (TPSA) is 18.5 Å². The van der Waals surface area contributed by atoms with Gasteiger partial charge in [-0.25, -0.2) is 0 Å². The van der Waals surface area contributed by atoms with Crippen molar-refractivity contribution in [1.29, 1.82) is 0 Å². The van der Waals surface area contributed by atoms with Crippen molar-refractivity contribution >= 4 is 11.4 Å². The fraction of sp³-hybridized carbons (Fsp3) is 0.478. The minimum Gasteiger partial charge on any atom is -0.386 e. The highest BCUT2D eigenvalue weighted by Gasteiger charge is 2.23. The fourth-order valence-corrected chi connectivity index (χ4v) is 3.72. The average molecular weight is 354 g/mol. The zero-order chi connectivity index (χ0) is 18.9. The SMILES string of the molecule is CC.CNc1ccccc1N(C)C1CCN(Cc2cccc(C)c2)CC1. The van der Waals surface area contributed by atoms with Crippen LogP contribution in [0.15, 0.2) is 48.5 Å². The normalized spacial score (nSPS) is 15.1. The molecule has 3 nitrogen and oxygen atoms in total. The fourth-order valence-electron chi connectivity index (χ4n) is 3.72. The number of benzene rings is 2. The standard InChI is InChI=1S/C21H29N3.C2H6/c1-17-7-6-8-18(15-17)16-24-13-11-19(12-14-24)23(3)21-10-5-4-9-20(21)22-2;1-2/h4-10,15,19,22H,11-14,16H2,1-3H3;1-2H3. The largest absolute Gasteiger partial charge is 0.386 e. The van der Waals surface area contributed by atoms with Crippen LogP contribution in [-0.4, -0.2) is 38.1 Å². The number of hydrogen-bond acceptors (Lipinski definition) is 3. The summed E-state index contributed by atoms with van der Waals surface area (Å²) < 4.78 is 0. The minimum atomic E-state index is 0.619. The molecule has 0 aromatic heterocycles. The van der Waals surface area contributed by atoms with Gasteiger partial charge in [0.25, 0.3) is 0 Å². The second kappa shape index (κ2) is 10.2. The molecule has 2 aromatic carbocycles. The Morgan fingerprint density at radius 2 is 1.73 bits per heavy atom. The highest BCUT2D eigenvalue weighted by Crippen LogP contribution is 2.29. The molecule has 3 heteroatoms. The molecule has 0 aliphatic carbocycles. The zero-order valence-corrected chi connectivity index (χ0v) is 17.1. The molecule has 0 amide bonds. The lowest BCUT2D eigenvalue weighted by Crippen LogP contribution is -2.43. The van der Waals surface area contributed by atoms with Crippen LogP contribution in [0.25, 0.3) is 0 Å². The molecule has 0 radical (unpaired) electrons. The van der Waals surface area contributed by atoms with Crippen LogP contribution in [0.3, 0.4) is 0 Å². The van der Waals surface area contributed by atoms with Crippen LogP contribution >= 0.6 is 0 Å². The Kier molecular flexibility index (Phi) is 7.99. The van der Waals surface area contributed by atoms with Gasteiger partial charge in [-0.3, -0.25) is 4.90 Å². The quantitative estimate of drug-likeness (QED) is 0.800. The molecule has 0 bridgehead atoms. The molecular weight excluding hydrogens is 318 g/mol. The Labute approximate surface area is 160 Å². The summed E-state index contributed by atoms with van der Waals surface area (Å²) in [5, 5.41) is 3.31. The number of nitrogens with zero attached hydrogens (tertiary/aromatic N) is 2. The van der Waals surface area contributed by atoms with Crippen molar-refractivity contribution in [2.75, 3.05) is 37.4 Å². The third kappa shape index (κ3) is 5.25. The summed E-state index contributed by atoms with van der Waals surface area (Å²) in [5.41, 5.74) is 5.30. The molecule has 1 aliphatic heterocycles. The highest BCUT2D eigenvalue weighted by molar-refractivity contribution is 5.69. The van der Waals surface area contributed by atoms with Crippen LogP contribution in [0.5, 0.6) is 0 Å². The van der Waals surface area contributed by atoms with Crippen molar-refractivity contribution in [3.63, 3.8) is 0 Å². The van der Waals surface area contributed by atoms with Gasteiger partial charge in [-0.05, 0) is 37.5 Å². The summed E-state index contributed by atoms with van der Waals surface area (Å²) in [5.74, 6) is 0. The van der Waals surface area contributed by atoms with Crippen molar-refractivity contribution < 1.29 is 0 Å². The van der Waals surface area contributed by atoms with Crippen LogP contribution in [0.1, 0.15) is 37.8 Å². The number of rotatable bonds is 5. The van der Waals surface area contributed by atoms with E-state index in [2.05, 4.69) is 77.6 Å². The number of hydrogen-bond donors (Lipinski definition) is 1. The summed E-state index contributed by atoms with van der Waals surface area (Å²) in [4.78, 5) is 5.04. The first-order chi connectivity index (χ1) is 12.7. The molecule has 2 aromatic rings. The number of aryl methyl sites for hydroxylation is 1. The Morgan fingerprint density at radius 1 is 1.04 bits per heavy atom. The molecule has 0 spiro atoms. The first kappa shape index (κ1) is 20.3. The van der Waals surface area contributed by atoms with Gasteiger partial charge in [0.05, 0.1) is 11.4 Å². The molecular formula is C23H35N3. The second-order valence-electron chi connectivity index (χ2n) is 6.87. The lowest BCUT2D eigenvalue weighted by molar-refractivity contribution is 0.203. The predicted molar refractivity (Wildman–Crippen MR) is 115 cm³/mol. The monoisotopic (exact) mass is 353 g/mol. The number of anilines is 2. The summed E-state index contributed by atoms with van der Waals surface area (Å²) in [6, 6.07) is 18.1. The van der Waals surface area contributed by atoms with Gasteiger partial charge in [0.15, 0.2) is 0 Å². The van der Waals surface area contributed by atoms with Crippen LogP contribution in [-0.2, 0) is 6.54 Å². The molecule has 1 aliphatic rings. The lowest BCUT2D eigenvalue weighted by Gasteiger charge is -2.38. The van der Waals surface area contributed by atoms with Crippen LogP contribution < -0.4 is 10.2 Å². The van der Waals surface area contributed by atoms with E-state index in [0.29, 0.717) is 6.04 Å². The molecule has 0 saturated carbocycles. The van der Waals surface area contributed by atoms with Gasteiger partial charge in [0.2, 0.25) is 0 Å². The molecule has 1 N–H and O–H groups in total. The van der Waals surface area contributed by atoms with E-state index in [1.165, 1.54) is 48.4 Å². The summed E-state index contributed by atoms with van der Waals surface area (Å²) >= 11 is 0. The van der Waals surface area contributed by atoms with Gasteiger partial charge in [-0.15, -0.1) is 0 Å². The maximum absolute atomic E-state index is 3.31. The molecule has 142 valence electrons. The third-order valence-electron chi connectivity index (χ3n) is 5.15.